The van der Waals surface area contributed by atoms with E-state index in [1.165, 1.54) is 16.2 Å². The Balaban J connectivity index is 1.54. The van der Waals surface area contributed by atoms with Crippen LogP contribution in [-0.2, 0) is 24.2 Å². The summed E-state index contributed by atoms with van der Waals surface area (Å²) in [5, 5.41) is 24.9. The second-order valence-electron chi connectivity index (χ2n) is 10.4. The average molecular weight is 588 g/mol. The number of aromatic nitrogens is 1. The summed E-state index contributed by atoms with van der Waals surface area (Å²) in [6.07, 6.45) is 0.369. The zero-order valence-corrected chi connectivity index (χ0v) is 24.7. The van der Waals surface area contributed by atoms with Crippen molar-refractivity contribution in [3.8, 4) is 5.75 Å². The number of hydrogen-bond acceptors (Lipinski definition) is 6. The van der Waals surface area contributed by atoms with Gasteiger partial charge in [0.25, 0.3) is 5.91 Å². The summed E-state index contributed by atoms with van der Waals surface area (Å²) >= 11 is 1.37. The first-order valence-electron chi connectivity index (χ1n) is 13.9. The SMILES string of the molecule is Cc1cccc(C)c1OCC(=O)N[C@@H](Cc1ccccc1)C[C@@H](O)[C@H](Cc1ccccc1)N(Cc1cncs1)C(=O)O. The van der Waals surface area contributed by atoms with Gasteiger partial charge in [0.2, 0.25) is 0 Å². The van der Waals surface area contributed by atoms with Crippen LogP contribution >= 0.6 is 11.3 Å². The fraction of sp³-hybridized carbons (Fsp3) is 0.303. The molecule has 0 radical (unpaired) electrons. The van der Waals surface area contributed by atoms with Crippen LogP contribution in [0.4, 0.5) is 4.79 Å². The summed E-state index contributed by atoms with van der Waals surface area (Å²) in [5.41, 5.74) is 5.44. The Morgan fingerprint density at radius 2 is 1.55 bits per heavy atom. The Kier molecular flexibility index (Phi) is 11.1. The van der Waals surface area contributed by atoms with Gasteiger partial charge in [-0.1, -0.05) is 78.9 Å². The Morgan fingerprint density at radius 1 is 0.929 bits per heavy atom. The minimum Gasteiger partial charge on any atom is -0.483 e. The first-order chi connectivity index (χ1) is 20.3. The molecule has 0 unspecified atom stereocenters. The Hall–Kier alpha value is -4.21. The van der Waals surface area contributed by atoms with Crippen LogP contribution in [0.2, 0.25) is 0 Å². The molecule has 0 spiro atoms. The molecule has 3 aromatic carbocycles. The molecule has 0 saturated heterocycles. The summed E-state index contributed by atoms with van der Waals surface area (Å²) in [6, 6.07) is 23.8. The molecule has 3 N–H and O–H groups in total. The highest BCUT2D eigenvalue weighted by Gasteiger charge is 2.32. The number of thiazole rings is 1. The maximum Gasteiger partial charge on any atom is 0.407 e. The molecule has 1 aromatic heterocycles. The number of hydrogen-bond donors (Lipinski definition) is 3. The van der Waals surface area contributed by atoms with Crippen molar-refractivity contribution in [2.24, 2.45) is 0 Å². The van der Waals surface area contributed by atoms with Crippen molar-refractivity contribution in [2.45, 2.75) is 57.8 Å². The van der Waals surface area contributed by atoms with E-state index in [0.29, 0.717) is 18.6 Å². The molecule has 0 aliphatic heterocycles. The van der Waals surface area contributed by atoms with Gasteiger partial charge in [-0.25, -0.2) is 4.79 Å². The molecule has 0 saturated carbocycles. The second kappa shape index (κ2) is 15.1. The van der Waals surface area contributed by atoms with Crippen LogP contribution in [0.25, 0.3) is 0 Å². The van der Waals surface area contributed by atoms with Crippen LogP contribution in [0.15, 0.2) is 90.6 Å². The number of carbonyl (C=O) groups excluding carboxylic acids is 1. The zero-order chi connectivity index (χ0) is 29.9. The van der Waals surface area contributed by atoms with Crippen LogP contribution in [0.1, 0.15) is 33.6 Å². The minimum absolute atomic E-state index is 0.105. The van der Waals surface area contributed by atoms with E-state index < -0.39 is 24.3 Å². The normalized spacial score (nSPS) is 13.1. The number of aliphatic hydroxyl groups excluding tert-OH is 1. The predicted molar refractivity (Wildman–Crippen MR) is 164 cm³/mol. The van der Waals surface area contributed by atoms with Crippen molar-refractivity contribution in [1.29, 1.82) is 0 Å². The quantitative estimate of drug-likeness (QED) is 0.182. The molecule has 0 fully saturated rings. The molecule has 3 atom stereocenters. The van der Waals surface area contributed by atoms with Crippen LogP contribution in [0.5, 0.6) is 5.75 Å². The van der Waals surface area contributed by atoms with Crippen LogP contribution in [0.3, 0.4) is 0 Å². The van der Waals surface area contributed by atoms with Crippen molar-refractivity contribution in [1.82, 2.24) is 15.2 Å². The number of nitrogens with one attached hydrogen (secondary N) is 1. The number of amides is 2. The number of benzene rings is 3. The number of nitrogens with zero attached hydrogens (tertiary/aromatic N) is 2. The van der Waals surface area contributed by atoms with Crippen molar-refractivity contribution >= 4 is 23.3 Å². The molecule has 4 aromatic rings. The molecular formula is C33H37N3O5S. The second-order valence-corrected chi connectivity index (χ2v) is 11.4. The molecule has 8 nitrogen and oxygen atoms in total. The maximum absolute atomic E-state index is 13.1. The highest BCUT2D eigenvalue weighted by molar-refractivity contribution is 7.09. The molecule has 42 heavy (non-hydrogen) atoms. The molecule has 0 aliphatic rings. The third-order valence-electron chi connectivity index (χ3n) is 7.16. The summed E-state index contributed by atoms with van der Waals surface area (Å²) in [6.45, 7) is 3.80. The number of aliphatic hydroxyl groups is 1. The fourth-order valence-electron chi connectivity index (χ4n) is 5.10. The number of carbonyl (C=O) groups is 2. The van der Waals surface area contributed by atoms with Crippen molar-refractivity contribution in [2.75, 3.05) is 6.61 Å². The lowest BCUT2D eigenvalue weighted by atomic mass is 9.92. The highest BCUT2D eigenvalue weighted by atomic mass is 32.1. The molecule has 9 heteroatoms. The Morgan fingerprint density at radius 3 is 2.12 bits per heavy atom. The fourth-order valence-corrected chi connectivity index (χ4v) is 5.69. The van der Waals surface area contributed by atoms with Gasteiger partial charge >= 0.3 is 6.09 Å². The predicted octanol–water partition coefficient (Wildman–Crippen LogP) is 5.41. The van der Waals surface area contributed by atoms with Gasteiger partial charge in [0.05, 0.1) is 24.2 Å². The van der Waals surface area contributed by atoms with E-state index in [1.807, 2.05) is 92.7 Å². The number of rotatable bonds is 14. The van der Waals surface area contributed by atoms with Crippen LogP contribution in [-0.4, -0.2) is 56.9 Å². The summed E-state index contributed by atoms with van der Waals surface area (Å²) in [7, 11) is 0. The van der Waals surface area contributed by atoms with Crippen molar-refractivity contribution in [3.05, 3.63) is 118 Å². The summed E-state index contributed by atoms with van der Waals surface area (Å²) in [4.78, 5) is 31.7. The largest absolute Gasteiger partial charge is 0.483 e. The van der Waals surface area contributed by atoms with E-state index in [0.717, 1.165) is 27.1 Å². The molecular weight excluding hydrogens is 550 g/mol. The molecule has 0 aliphatic carbocycles. The molecule has 0 bridgehead atoms. The zero-order valence-electron chi connectivity index (χ0n) is 23.8. The van der Waals surface area contributed by atoms with Crippen LogP contribution < -0.4 is 10.1 Å². The first kappa shape index (κ1) is 30.7. The third-order valence-corrected chi connectivity index (χ3v) is 7.92. The van der Waals surface area contributed by atoms with E-state index in [2.05, 4.69) is 10.3 Å². The van der Waals surface area contributed by atoms with E-state index in [1.54, 1.807) is 11.7 Å². The van der Waals surface area contributed by atoms with Gasteiger partial charge in [-0.05, 0) is 55.4 Å². The van der Waals surface area contributed by atoms with Gasteiger partial charge in [0, 0.05) is 17.1 Å². The van der Waals surface area contributed by atoms with Gasteiger partial charge < -0.3 is 20.3 Å². The first-order valence-corrected chi connectivity index (χ1v) is 14.8. The minimum atomic E-state index is -1.13. The van der Waals surface area contributed by atoms with Gasteiger partial charge in [-0.15, -0.1) is 11.3 Å². The number of carboxylic acid groups (broad SMARTS) is 1. The van der Waals surface area contributed by atoms with Gasteiger partial charge in [0.1, 0.15) is 5.75 Å². The highest BCUT2D eigenvalue weighted by Crippen LogP contribution is 2.23. The van der Waals surface area contributed by atoms with Crippen molar-refractivity contribution in [3.63, 3.8) is 0 Å². The number of aryl methyl sites for hydroxylation is 2. The average Bonchev–Trinajstić information content (AvgIpc) is 3.49. The molecule has 220 valence electrons. The smallest absolute Gasteiger partial charge is 0.407 e. The van der Waals surface area contributed by atoms with E-state index in [9.17, 15) is 19.8 Å². The maximum atomic E-state index is 13.1. The van der Waals surface area contributed by atoms with Crippen LogP contribution in [0, 0.1) is 13.8 Å². The molecule has 2 amide bonds. The molecule has 4 rings (SSSR count). The number of para-hydroxylation sites is 1. The monoisotopic (exact) mass is 587 g/mol. The molecule has 1 heterocycles. The summed E-state index contributed by atoms with van der Waals surface area (Å²) in [5.74, 6) is 0.362. The number of ether oxygens (including phenoxy) is 1. The van der Waals surface area contributed by atoms with Crippen molar-refractivity contribution < 1.29 is 24.5 Å². The standard InChI is InChI=1S/C33H37N3O5S/c1-23-10-9-11-24(2)32(23)41-21-31(38)35-27(16-25-12-5-3-6-13-25)18-30(37)29(17-26-14-7-4-8-15-26)36(33(39)40)20-28-19-34-22-42-28/h3-15,19,22,27,29-30,37H,16-18,20-21H2,1-2H3,(H,35,38)(H,39,40)/t27-,29-,30+/m0/s1. The third kappa shape index (κ3) is 8.89. The topological polar surface area (TPSA) is 112 Å². The van der Waals surface area contributed by atoms with E-state index >= 15 is 0 Å². The van der Waals surface area contributed by atoms with Gasteiger partial charge in [-0.2, -0.15) is 0 Å². The lowest BCUT2D eigenvalue weighted by molar-refractivity contribution is -0.124. The van der Waals surface area contributed by atoms with Gasteiger partial charge in [-0.3, -0.25) is 14.7 Å². The van der Waals surface area contributed by atoms with E-state index in [-0.39, 0.29) is 25.5 Å². The lowest BCUT2D eigenvalue weighted by Gasteiger charge is -2.34. The summed E-state index contributed by atoms with van der Waals surface area (Å²) < 4.78 is 5.88. The van der Waals surface area contributed by atoms with E-state index in [4.69, 9.17) is 4.74 Å². The Labute approximate surface area is 250 Å². The lowest BCUT2D eigenvalue weighted by Crippen LogP contribution is -2.50. The van der Waals surface area contributed by atoms with Gasteiger partial charge in [0.15, 0.2) is 6.61 Å². The Bertz CT molecular complexity index is 1400.